The molecule has 2 aromatic heterocycles. The highest BCUT2D eigenvalue weighted by atomic mass is 16.5. The first-order chi connectivity index (χ1) is 13.5. The molecule has 0 fully saturated rings. The Kier molecular flexibility index (Phi) is 6.30. The summed E-state index contributed by atoms with van der Waals surface area (Å²) in [5.41, 5.74) is 2.55. The fourth-order valence-corrected chi connectivity index (χ4v) is 2.91. The fraction of sp³-hybridized carbons (Fsp3) is 0.450. The van der Waals surface area contributed by atoms with Crippen molar-refractivity contribution in [3.63, 3.8) is 0 Å². The zero-order chi connectivity index (χ0) is 20.1. The molecule has 0 radical (unpaired) electrons. The highest BCUT2D eigenvalue weighted by Crippen LogP contribution is 2.24. The number of hydrogen-bond acceptors (Lipinski definition) is 7. The molecule has 2 heterocycles. The van der Waals surface area contributed by atoms with Gasteiger partial charge >= 0.3 is 0 Å². The van der Waals surface area contributed by atoms with Crippen molar-refractivity contribution in [1.82, 2.24) is 19.5 Å². The number of methoxy groups -OCH3 is 1. The normalized spacial score (nSPS) is 12.4. The molecule has 3 rings (SSSR count). The van der Waals surface area contributed by atoms with Crippen LogP contribution in [0.5, 0.6) is 5.75 Å². The predicted molar refractivity (Wildman–Crippen MR) is 111 cm³/mol. The summed E-state index contributed by atoms with van der Waals surface area (Å²) < 4.78 is 7.30. The van der Waals surface area contributed by atoms with Gasteiger partial charge in [-0.05, 0) is 38.0 Å². The third kappa shape index (κ3) is 4.33. The Bertz CT molecular complexity index is 920. The highest BCUT2D eigenvalue weighted by Gasteiger charge is 2.16. The van der Waals surface area contributed by atoms with E-state index in [2.05, 4.69) is 39.4 Å². The van der Waals surface area contributed by atoms with Crippen LogP contribution in [0.15, 0.2) is 30.6 Å². The summed E-state index contributed by atoms with van der Waals surface area (Å²) in [6.07, 6.45) is 2.56. The third-order valence-electron chi connectivity index (χ3n) is 4.62. The quantitative estimate of drug-likeness (QED) is 0.521. The minimum atomic E-state index is -0.0981. The van der Waals surface area contributed by atoms with Crippen LogP contribution in [0.4, 0.5) is 11.8 Å². The Morgan fingerprint density at radius 1 is 1.25 bits per heavy atom. The number of fused-ring (bicyclic) bond motifs is 1. The fourth-order valence-electron chi connectivity index (χ4n) is 2.91. The number of benzene rings is 1. The Hall–Kier alpha value is -2.87. The number of imidazole rings is 1. The second-order valence-corrected chi connectivity index (χ2v) is 6.95. The van der Waals surface area contributed by atoms with E-state index >= 15 is 0 Å². The van der Waals surface area contributed by atoms with E-state index in [0.29, 0.717) is 18.3 Å². The predicted octanol–water partition coefficient (Wildman–Crippen LogP) is 3.21. The summed E-state index contributed by atoms with van der Waals surface area (Å²) in [7, 11) is 1.66. The molecule has 28 heavy (non-hydrogen) atoms. The van der Waals surface area contributed by atoms with Gasteiger partial charge in [0.1, 0.15) is 5.75 Å². The van der Waals surface area contributed by atoms with Gasteiger partial charge < -0.3 is 25.0 Å². The van der Waals surface area contributed by atoms with Gasteiger partial charge in [-0.1, -0.05) is 19.1 Å². The van der Waals surface area contributed by atoms with E-state index in [1.165, 1.54) is 0 Å². The minimum Gasteiger partial charge on any atom is -0.497 e. The van der Waals surface area contributed by atoms with Gasteiger partial charge in [-0.15, -0.1) is 0 Å². The lowest BCUT2D eigenvalue weighted by Crippen LogP contribution is -2.24. The number of nitrogens with zero attached hydrogens (tertiary/aromatic N) is 4. The van der Waals surface area contributed by atoms with E-state index in [-0.39, 0.29) is 18.7 Å². The van der Waals surface area contributed by atoms with Crippen LogP contribution >= 0.6 is 0 Å². The van der Waals surface area contributed by atoms with Crippen molar-refractivity contribution in [2.75, 3.05) is 24.4 Å². The maximum absolute atomic E-state index is 9.51. The van der Waals surface area contributed by atoms with E-state index in [9.17, 15) is 5.11 Å². The summed E-state index contributed by atoms with van der Waals surface area (Å²) >= 11 is 0. The average Bonchev–Trinajstić information content (AvgIpc) is 3.14. The number of ether oxygens (including phenoxy) is 1. The van der Waals surface area contributed by atoms with Crippen LogP contribution in [-0.2, 0) is 6.54 Å². The smallest absolute Gasteiger partial charge is 0.227 e. The Morgan fingerprint density at radius 2 is 2.07 bits per heavy atom. The van der Waals surface area contributed by atoms with Gasteiger partial charge in [0.15, 0.2) is 17.0 Å². The van der Waals surface area contributed by atoms with Crippen LogP contribution in [0, 0.1) is 0 Å². The number of rotatable bonds is 9. The number of hydrogen-bond donors (Lipinski definition) is 3. The van der Waals surface area contributed by atoms with Crippen LogP contribution in [-0.4, -0.2) is 44.4 Å². The highest BCUT2D eigenvalue weighted by molar-refractivity contribution is 5.84. The van der Waals surface area contributed by atoms with Crippen LogP contribution in [0.25, 0.3) is 11.2 Å². The molecule has 0 amide bonds. The summed E-state index contributed by atoms with van der Waals surface area (Å²) in [5, 5.41) is 16.1. The first-order valence-corrected chi connectivity index (χ1v) is 9.54. The molecule has 150 valence electrons. The number of aromatic nitrogens is 4. The van der Waals surface area contributed by atoms with E-state index in [0.717, 1.165) is 28.9 Å². The maximum Gasteiger partial charge on any atom is 0.227 e. The van der Waals surface area contributed by atoms with Crippen molar-refractivity contribution in [3.05, 3.63) is 36.2 Å². The van der Waals surface area contributed by atoms with Gasteiger partial charge in [0.25, 0.3) is 0 Å². The van der Waals surface area contributed by atoms with Gasteiger partial charge in [-0.2, -0.15) is 9.97 Å². The largest absolute Gasteiger partial charge is 0.497 e. The molecule has 0 spiro atoms. The first-order valence-electron chi connectivity index (χ1n) is 9.54. The second kappa shape index (κ2) is 8.88. The SMILES string of the molecule is CCC(CO)Nc1nc(NCc2cccc(OC)c2)c2ncn(C(C)C)c2n1. The Labute approximate surface area is 165 Å². The molecule has 0 aliphatic carbocycles. The molecule has 0 aliphatic rings. The molecule has 0 saturated heterocycles. The molecule has 1 unspecified atom stereocenters. The number of aliphatic hydroxyl groups excluding tert-OH is 1. The van der Waals surface area contributed by atoms with Crippen molar-refractivity contribution >= 4 is 22.9 Å². The van der Waals surface area contributed by atoms with Gasteiger partial charge in [0.05, 0.1) is 26.1 Å². The molecular weight excluding hydrogens is 356 g/mol. The topological polar surface area (TPSA) is 97.1 Å². The van der Waals surface area contributed by atoms with E-state index in [1.807, 2.05) is 35.8 Å². The van der Waals surface area contributed by atoms with Gasteiger partial charge in [0, 0.05) is 12.6 Å². The lowest BCUT2D eigenvalue weighted by molar-refractivity contribution is 0.271. The van der Waals surface area contributed by atoms with Crippen molar-refractivity contribution in [2.45, 2.75) is 45.8 Å². The molecule has 3 aromatic rings. The zero-order valence-corrected chi connectivity index (χ0v) is 16.8. The molecule has 1 aromatic carbocycles. The Morgan fingerprint density at radius 3 is 2.75 bits per heavy atom. The molecule has 0 bridgehead atoms. The van der Waals surface area contributed by atoms with Crippen LogP contribution in [0.1, 0.15) is 38.8 Å². The maximum atomic E-state index is 9.51. The lowest BCUT2D eigenvalue weighted by atomic mass is 10.2. The molecule has 8 heteroatoms. The number of anilines is 2. The van der Waals surface area contributed by atoms with Gasteiger partial charge in [0.2, 0.25) is 5.95 Å². The van der Waals surface area contributed by atoms with Crippen molar-refractivity contribution in [3.8, 4) is 5.75 Å². The van der Waals surface area contributed by atoms with Crippen molar-refractivity contribution < 1.29 is 9.84 Å². The summed E-state index contributed by atoms with van der Waals surface area (Å²) in [6, 6.07) is 8.00. The monoisotopic (exact) mass is 384 g/mol. The molecule has 1 atom stereocenters. The van der Waals surface area contributed by atoms with Crippen LogP contribution in [0.3, 0.4) is 0 Å². The summed E-state index contributed by atoms with van der Waals surface area (Å²) in [5.74, 6) is 1.94. The number of aliphatic hydroxyl groups is 1. The average molecular weight is 384 g/mol. The third-order valence-corrected chi connectivity index (χ3v) is 4.62. The van der Waals surface area contributed by atoms with E-state index in [4.69, 9.17) is 4.74 Å². The summed E-state index contributed by atoms with van der Waals surface area (Å²) in [6.45, 7) is 6.78. The molecule has 0 saturated carbocycles. The molecule has 8 nitrogen and oxygen atoms in total. The first kappa shape index (κ1) is 19.9. The van der Waals surface area contributed by atoms with Crippen molar-refractivity contribution in [2.24, 2.45) is 0 Å². The number of nitrogens with one attached hydrogen (secondary N) is 2. The second-order valence-electron chi connectivity index (χ2n) is 6.95. The molecular formula is C20H28N6O2. The van der Waals surface area contributed by atoms with Crippen molar-refractivity contribution in [1.29, 1.82) is 0 Å². The summed E-state index contributed by atoms with van der Waals surface area (Å²) in [4.78, 5) is 13.8. The lowest BCUT2D eigenvalue weighted by Gasteiger charge is -2.16. The zero-order valence-electron chi connectivity index (χ0n) is 16.8. The van der Waals surface area contributed by atoms with Crippen LogP contribution < -0.4 is 15.4 Å². The molecule has 3 N–H and O–H groups in total. The van der Waals surface area contributed by atoms with E-state index < -0.39 is 0 Å². The Balaban J connectivity index is 1.94. The van der Waals surface area contributed by atoms with E-state index in [1.54, 1.807) is 13.4 Å². The van der Waals surface area contributed by atoms with Gasteiger partial charge in [-0.25, -0.2) is 4.98 Å². The standard InChI is InChI=1S/C20H28N6O2/c1-5-15(11-27)23-20-24-18(17-19(25-20)26(12-22-17)13(2)3)21-10-14-7-6-8-16(9-14)28-4/h6-9,12-13,15,27H,5,10-11H2,1-4H3,(H2,21,23,24,25). The minimum absolute atomic E-state index is 0.0217. The van der Waals surface area contributed by atoms with Crippen LogP contribution in [0.2, 0.25) is 0 Å². The molecule has 0 aliphatic heterocycles. The van der Waals surface area contributed by atoms with Gasteiger partial charge in [-0.3, -0.25) is 0 Å².